The second-order valence-corrected chi connectivity index (χ2v) is 8.87. The summed E-state index contributed by atoms with van der Waals surface area (Å²) >= 11 is 0. The summed E-state index contributed by atoms with van der Waals surface area (Å²) in [7, 11) is 0. The van der Waals surface area contributed by atoms with Crippen molar-refractivity contribution in [2.75, 3.05) is 0 Å². The second kappa shape index (κ2) is 13.0. The summed E-state index contributed by atoms with van der Waals surface area (Å²) in [5, 5.41) is 2.93. The number of hydrogen-bond donors (Lipinski definition) is 0. The third-order valence-electron chi connectivity index (χ3n) is 6.50. The van der Waals surface area contributed by atoms with Gasteiger partial charge in [-0.15, -0.1) is 0 Å². The van der Waals surface area contributed by atoms with Gasteiger partial charge in [-0.1, -0.05) is 116 Å². The van der Waals surface area contributed by atoms with E-state index in [-0.39, 0.29) is 0 Å². The lowest BCUT2D eigenvalue weighted by Gasteiger charge is -2.13. The van der Waals surface area contributed by atoms with E-state index in [1.54, 1.807) is 5.56 Å². The first-order valence-corrected chi connectivity index (χ1v) is 12.2. The molecule has 0 aromatic heterocycles. The van der Waals surface area contributed by atoms with E-state index in [9.17, 15) is 0 Å². The molecule has 0 saturated heterocycles. The molecule has 0 spiro atoms. The summed E-state index contributed by atoms with van der Waals surface area (Å²) in [6.07, 6.45) is 17.6. The van der Waals surface area contributed by atoms with E-state index in [2.05, 4.69) is 58.0 Å². The third kappa shape index (κ3) is 7.26. The summed E-state index contributed by atoms with van der Waals surface area (Å²) in [6, 6.07) is 11.8. The Balaban J connectivity index is 1.75. The molecule has 2 rings (SSSR count). The van der Waals surface area contributed by atoms with Crippen LogP contribution in [0.3, 0.4) is 0 Å². The van der Waals surface area contributed by atoms with Crippen LogP contribution in [0, 0.1) is 5.92 Å². The lowest BCUT2D eigenvalue weighted by molar-refractivity contribution is 0.435. The lowest BCUT2D eigenvalue weighted by Crippen LogP contribution is -1.96. The topological polar surface area (TPSA) is 0 Å². The Hall–Kier alpha value is -1.30. The molecule has 0 nitrogen and oxygen atoms in total. The van der Waals surface area contributed by atoms with Crippen LogP contribution in [-0.4, -0.2) is 0 Å². The van der Waals surface area contributed by atoms with Crippen LogP contribution in [0.2, 0.25) is 0 Å². The molecule has 0 fully saturated rings. The first-order chi connectivity index (χ1) is 13.7. The molecule has 0 heteroatoms. The number of aryl methyl sites for hydroxylation is 3. The summed E-state index contributed by atoms with van der Waals surface area (Å²) in [5.41, 5.74) is 4.62. The monoisotopic (exact) mass is 380 g/mol. The Kier molecular flexibility index (Phi) is 10.7. The lowest BCUT2D eigenvalue weighted by atomic mass is 9.93. The van der Waals surface area contributed by atoms with Gasteiger partial charge in [-0.3, -0.25) is 0 Å². The molecule has 0 bridgehead atoms. The van der Waals surface area contributed by atoms with E-state index in [1.807, 2.05) is 0 Å². The van der Waals surface area contributed by atoms with Crippen LogP contribution >= 0.6 is 0 Å². The zero-order valence-electron chi connectivity index (χ0n) is 19.2. The fourth-order valence-corrected chi connectivity index (χ4v) is 4.58. The van der Waals surface area contributed by atoms with Crippen LogP contribution in [0.1, 0.15) is 109 Å². The van der Waals surface area contributed by atoms with Gasteiger partial charge >= 0.3 is 0 Å². The van der Waals surface area contributed by atoms with Crippen molar-refractivity contribution in [1.82, 2.24) is 0 Å². The van der Waals surface area contributed by atoms with Crippen molar-refractivity contribution >= 4 is 10.8 Å². The molecular formula is C28H44. The Morgan fingerprint density at radius 1 is 0.679 bits per heavy atom. The zero-order valence-corrected chi connectivity index (χ0v) is 19.2. The zero-order chi connectivity index (χ0) is 20.2. The van der Waals surface area contributed by atoms with Crippen LogP contribution in [0.15, 0.2) is 30.3 Å². The van der Waals surface area contributed by atoms with E-state index < -0.39 is 0 Å². The molecule has 1 atom stereocenters. The molecule has 0 saturated carbocycles. The molecule has 0 aliphatic rings. The van der Waals surface area contributed by atoms with Crippen molar-refractivity contribution < 1.29 is 0 Å². The van der Waals surface area contributed by atoms with Gasteiger partial charge in [-0.2, -0.15) is 0 Å². The SMILES string of the molecule is CCCCCCC(C)CCCCCCc1cccc2cc(CC)c(CC)cc12. The number of fused-ring (bicyclic) bond motifs is 1. The molecule has 0 amide bonds. The Labute approximate surface area is 175 Å². The quantitative estimate of drug-likeness (QED) is 0.287. The van der Waals surface area contributed by atoms with Crippen molar-refractivity contribution in [1.29, 1.82) is 0 Å². The molecule has 2 aromatic rings. The average molecular weight is 381 g/mol. The first-order valence-electron chi connectivity index (χ1n) is 12.2. The van der Waals surface area contributed by atoms with Crippen molar-refractivity contribution in [2.24, 2.45) is 5.92 Å². The summed E-state index contributed by atoms with van der Waals surface area (Å²) in [5.74, 6) is 0.926. The molecule has 0 aliphatic carbocycles. The maximum atomic E-state index is 2.48. The number of rotatable bonds is 14. The molecule has 0 N–H and O–H groups in total. The second-order valence-electron chi connectivity index (χ2n) is 8.87. The van der Waals surface area contributed by atoms with Crippen LogP contribution in [0.4, 0.5) is 0 Å². The molecule has 1 unspecified atom stereocenters. The summed E-state index contributed by atoms with van der Waals surface area (Å²) < 4.78 is 0. The molecule has 0 aliphatic heterocycles. The van der Waals surface area contributed by atoms with Gasteiger partial charge in [-0.05, 0) is 59.1 Å². The Morgan fingerprint density at radius 3 is 2.00 bits per heavy atom. The standard InChI is InChI=1S/C28H44/c1-5-8-9-12-16-23(4)17-13-10-11-14-18-26-19-15-20-27-21-24(6-2)25(7-3)22-28(26)27/h15,19-23H,5-14,16-18H2,1-4H3. The van der Waals surface area contributed by atoms with Crippen molar-refractivity contribution in [3.05, 3.63) is 47.0 Å². The van der Waals surface area contributed by atoms with E-state index in [1.165, 1.54) is 92.5 Å². The van der Waals surface area contributed by atoms with Gasteiger partial charge in [0.25, 0.3) is 0 Å². The number of benzene rings is 2. The predicted molar refractivity (Wildman–Crippen MR) is 127 cm³/mol. The van der Waals surface area contributed by atoms with Gasteiger partial charge < -0.3 is 0 Å². The van der Waals surface area contributed by atoms with Crippen LogP contribution in [0.5, 0.6) is 0 Å². The van der Waals surface area contributed by atoms with Crippen molar-refractivity contribution in [3.63, 3.8) is 0 Å². The van der Waals surface area contributed by atoms with Gasteiger partial charge in [0, 0.05) is 0 Å². The van der Waals surface area contributed by atoms with E-state index in [0.29, 0.717) is 0 Å². The largest absolute Gasteiger partial charge is 0.0654 e. The molecule has 28 heavy (non-hydrogen) atoms. The fraction of sp³-hybridized carbons (Fsp3) is 0.643. The van der Waals surface area contributed by atoms with Crippen LogP contribution < -0.4 is 0 Å². The number of hydrogen-bond acceptors (Lipinski definition) is 0. The van der Waals surface area contributed by atoms with Gasteiger partial charge in [0.1, 0.15) is 0 Å². The van der Waals surface area contributed by atoms with Crippen molar-refractivity contribution in [2.45, 2.75) is 111 Å². The predicted octanol–water partition coefficient (Wildman–Crippen LogP) is 9.06. The highest BCUT2D eigenvalue weighted by atomic mass is 14.1. The molecular weight excluding hydrogens is 336 g/mol. The maximum absolute atomic E-state index is 2.48. The highest BCUT2D eigenvalue weighted by molar-refractivity contribution is 5.87. The Morgan fingerprint density at radius 2 is 1.32 bits per heavy atom. The number of unbranched alkanes of at least 4 members (excludes halogenated alkanes) is 6. The van der Waals surface area contributed by atoms with Gasteiger partial charge in [0.2, 0.25) is 0 Å². The minimum Gasteiger partial charge on any atom is -0.0654 e. The fourth-order valence-electron chi connectivity index (χ4n) is 4.58. The van der Waals surface area contributed by atoms with E-state index >= 15 is 0 Å². The normalized spacial score (nSPS) is 12.6. The van der Waals surface area contributed by atoms with Crippen molar-refractivity contribution in [3.8, 4) is 0 Å². The molecule has 0 radical (unpaired) electrons. The minimum absolute atomic E-state index is 0.926. The van der Waals surface area contributed by atoms with Gasteiger partial charge in [0.15, 0.2) is 0 Å². The molecule has 2 aromatic carbocycles. The molecule has 156 valence electrons. The first kappa shape index (κ1) is 23.0. The summed E-state index contributed by atoms with van der Waals surface area (Å²) in [6.45, 7) is 9.31. The summed E-state index contributed by atoms with van der Waals surface area (Å²) in [4.78, 5) is 0. The van der Waals surface area contributed by atoms with E-state index in [4.69, 9.17) is 0 Å². The van der Waals surface area contributed by atoms with Crippen LogP contribution in [0.25, 0.3) is 10.8 Å². The highest BCUT2D eigenvalue weighted by Gasteiger charge is 2.07. The highest BCUT2D eigenvalue weighted by Crippen LogP contribution is 2.26. The van der Waals surface area contributed by atoms with Gasteiger partial charge in [-0.25, -0.2) is 0 Å². The smallest absolute Gasteiger partial charge is 0.0149 e. The maximum Gasteiger partial charge on any atom is -0.0149 e. The minimum atomic E-state index is 0.926. The average Bonchev–Trinajstić information content (AvgIpc) is 2.72. The van der Waals surface area contributed by atoms with E-state index in [0.717, 1.165) is 18.8 Å². The Bertz CT molecular complexity index is 682. The van der Waals surface area contributed by atoms with Gasteiger partial charge in [0.05, 0.1) is 0 Å². The van der Waals surface area contributed by atoms with Crippen LogP contribution in [-0.2, 0) is 19.3 Å². The third-order valence-corrected chi connectivity index (χ3v) is 6.50. The molecule has 0 heterocycles.